The quantitative estimate of drug-likeness (QED) is 0.176. The molecule has 0 bridgehead atoms. The summed E-state index contributed by atoms with van der Waals surface area (Å²) in [6, 6.07) is 73.8. The zero-order valence-electron chi connectivity index (χ0n) is 31.4. The lowest BCUT2D eigenvalue weighted by atomic mass is 10.0. The second kappa shape index (κ2) is 12.9. The molecular formula is C54H34N4. The highest BCUT2D eigenvalue weighted by Crippen LogP contribution is 2.43. The van der Waals surface area contributed by atoms with Gasteiger partial charge in [0.25, 0.3) is 0 Å². The predicted octanol–water partition coefficient (Wildman–Crippen LogP) is 14.0. The molecule has 12 rings (SSSR count). The van der Waals surface area contributed by atoms with Gasteiger partial charge in [-0.05, 0) is 76.1 Å². The molecule has 0 amide bonds. The fourth-order valence-electron chi connectivity index (χ4n) is 9.08. The van der Waals surface area contributed by atoms with Gasteiger partial charge in [-0.15, -0.1) is 0 Å². The van der Waals surface area contributed by atoms with Gasteiger partial charge in [-0.1, -0.05) is 152 Å². The molecule has 0 N–H and O–H groups in total. The molecule has 0 spiro atoms. The Morgan fingerprint density at radius 3 is 1.41 bits per heavy atom. The molecule has 0 saturated heterocycles. The van der Waals surface area contributed by atoms with Crippen LogP contribution in [0, 0.1) is 0 Å². The van der Waals surface area contributed by atoms with E-state index in [0.29, 0.717) is 5.82 Å². The minimum absolute atomic E-state index is 0.694. The van der Waals surface area contributed by atoms with Crippen LogP contribution in [0.1, 0.15) is 0 Å². The highest BCUT2D eigenvalue weighted by Gasteiger charge is 2.22. The molecule has 4 nitrogen and oxygen atoms in total. The van der Waals surface area contributed by atoms with Crippen LogP contribution in [0.4, 0.5) is 0 Å². The summed E-state index contributed by atoms with van der Waals surface area (Å²) in [5, 5.41) is 9.65. The maximum absolute atomic E-state index is 5.30. The largest absolute Gasteiger partial charge is 0.309 e. The summed E-state index contributed by atoms with van der Waals surface area (Å²) in [6.07, 6.45) is 0. The van der Waals surface area contributed by atoms with Gasteiger partial charge in [-0.3, -0.25) is 0 Å². The van der Waals surface area contributed by atoms with Crippen LogP contribution in [0.5, 0.6) is 0 Å². The maximum atomic E-state index is 5.30. The van der Waals surface area contributed by atoms with E-state index in [0.717, 1.165) is 61.3 Å². The Kier molecular flexibility index (Phi) is 7.20. The summed E-state index contributed by atoms with van der Waals surface area (Å²) in [5.41, 5.74) is 11.8. The molecular weight excluding hydrogens is 705 g/mol. The molecule has 0 unspecified atom stereocenters. The third-order valence-corrected chi connectivity index (χ3v) is 11.7. The monoisotopic (exact) mass is 738 g/mol. The predicted molar refractivity (Wildman–Crippen MR) is 242 cm³/mol. The maximum Gasteiger partial charge on any atom is 0.161 e. The number of hydrogen-bond acceptors (Lipinski definition) is 2. The second-order valence-electron chi connectivity index (χ2n) is 15.0. The van der Waals surface area contributed by atoms with Crippen LogP contribution in [0.15, 0.2) is 206 Å². The van der Waals surface area contributed by atoms with Crippen LogP contribution in [0.25, 0.3) is 110 Å². The Balaban J connectivity index is 1.14. The number of fused-ring (bicyclic) bond motifs is 9. The number of rotatable bonds is 5. The molecule has 270 valence electrons. The van der Waals surface area contributed by atoms with E-state index in [2.05, 4.69) is 203 Å². The summed E-state index contributed by atoms with van der Waals surface area (Å²) >= 11 is 0. The van der Waals surface area contributed by atoms with E-state index in [-0.39, 0.29) is 0 Å². The first kappa shape index (κ1) is 32.4. The van der Waals surface area contributed by atoms with Crippen LogP contribution < -0.4 is 0 Å². The van der Waals surface area contributed by atoms with Crippen molar-refractivity contribution in [3.8, 4) is 45.3 Å². The summed E-state index contributed by atoms with van der Waals surface area (Å²) in [7, 11) is 0. The first-order chi connectivity index (χ1) is 28.8. The molecule has 0 aliphatic rings. The van der Waals surface area contributed by atoms with Gasteiger partial charge in [0.15, 0.2) is 5.82 Å². The van der Waals surface area contributed by atoms with E-state index in [9.17, 15) is 0 Å². The van der Waals surface area contributed by atoms with E-state index >= 15 is 0 Å². The van der Waals surface area contributed by atoms with Crippen molar-refractivity contribution >= 4 is 65.2 Å². The first-order valence-electron chi connectivity index (χ1n) is 19.7. The van der Waals surface area contributed by atoms with Crippen molar-refractivity contribution in [1.82, 2.24) is 19.1 Å². The fourth-order valence-corrected chi connectivity index (χ4v) is 9.08. The van der Waals surface area contributed by atoms with E-state index < -0.39 is 0 Å². The molecule has 4 heteroatoms. The van der Waals surface area contributed by atoms with Crippen LogP contribution in [0.3, 0.4) is 0 Å². The van der Waals surface area contributed by atoms with Crippen molar-refractivity contribution in [1.29, 1.82) is 0 Å². The van der Waals surface area contributed by atoms with Gasteiger partial charge >= 0.3 is 0 Å². The van der Waals surface area contributed by atoms with Gasteiger partial charge in [-0.2, -0.15) is 0 Å². The lowest BCUT2D eigenvalue weighted by Gasteiger charge is -2.15. The normalized spacial score (nSPS) is 11.8. The molecule has 3 aromatic heterocycles. The Morgan fingerprint density at radius 1 is 0.310 bits per heavy atom. The first-order valence-corrected chi connectivity index (χ1v) is 19.7. The smallest absolute Gasteiger partial charge is 0.161 e. The fraction of sp³-hybridized carbons (Fsp3) is 0. The average Bonchev–Trinajstić information content (AvgIpc) is 3.82. The molecule has 9 aromatic carbocycles. The zero-order chi connectivity index (χ0) is 38.2. The van der Waals surface area contributed by atoms with Crippen molar-refractivity contribution in [2.75, 3.05) is 0 Å². The lowest BCUT2D eigenvalue weighted by molar-refractivity contribution is 1.16. The van der Waals surface area contributed by atoms with Crippen LogP contribution in [0.2, 0.25) is 0 Å². The Bertz CT molecular complexity index is 3500. The highest BCUT2D eigenvalue weighted by atomic mass is 15.0. The summed E-state index contributed by atoms with van der Waals surface area (Å²) < 4.78 is 4.86. The number of para-hydroxylation sites is 2. The summed E-state index contributed by atoms with van der Waals surface area (Å²) in [5.74, 6) is 0.694. The van der Waals surface area contributed by atoms with Crippen molar-refractivity contribution in [3.63, 3.8) is 0 Å². The summed E-state index contributed by atoms with van der Waals surface area (Å²) in [4.78, 5) is 10.6. The Morgan fingerprint density at radius 2 is 0.793 bits per heavy atom. The molecule has 0 saturated carbocycles. The van der Waals surface area contributed by atoms with Gasteiger partial charge < -0.3 is 9.13 Å². The van der Waals surface area contributed by atoms with Crippen molar-refractivity contribution < 1.29 is 0 Å². The van der Waals surface area contributed by atoms with Crippen molar-refractivity contribution in [2.24, 2.45) is 0 Å². The van der Waals surface area contributed by atoms with E-state index in [1.807, 2.05) is 12.1 Å². The highest BCUT2D eigenvalue weighted by molar-refractivity contribution is 6.29. The number of nitrogens with zero attached hydrogens (tertiary/aromatic N) is 4. The molecule has 0 atom stereocenters. The molecule has 0 radical (unpaired) electrons. The molecule has 0 aliphatic carbocycles. The third kappa shape index (κ3) is 5.02. The molecule has 58 heavy (non-hydrogen) atoms. The van der Waals surface area contributed by atoms with Crippen LogP contribution >= 0.6 is 0 Å². The second-order valence-corrected chi connectivity index (χ2v) is 15.0. The van der Waals surface area contributed by atoms with Gasteiger partial charge in [0.2, 0.25) is 0 Å². The minimum atomic E-state index is 0.694. The SMILES string of the molecule is c1ccc(-c2cc(-c3ccccc3)nc(-c3cc(-n4c5ccccc5c5c6c7ccccc7n(-c7ccc8ccccc8c7)c6ccc54)cc4ccccc34)n2)cc1. The van der Waals surface area contributed by atoms with Gasteiger partial charge in [0.1, 0.15) is 0 Å². The summed E-state index contributed by atoms with van der Waals surface area (Å²) in [6.45, 7) is 0. The molecule has 0 aliphatic heterocycles. The standard InChI is InChI=1S/C54H34N4/c1-3-16-36(17-4-1)46-34-47(37-18-5-2-6-19-37)56-54(55-46)45-33-41(32-39-21-9-10-22-42(39)45)58-49-26-14-12-24-44(49)53-51(58)30-29-50-52(53)43-23-11-13-25-48(43)57(50)40-28-27-35-15-7-8-20-38(35)31-40/h1-34H. The molecule has 3 heterocycles. The zero-order valence-corrected chi connectivity index (χ0v) is 31.4. The number of hydrogen-bond donors (Lipinski definition) is 0. The van der Waals surface area contributed by atoms with E-state index in [1.54, 1.807) is 0 Å². The van der Waals surface area contributed by atoms with Crippen molar-refractivity contribution in [2.45, 2.75) is 0 Å². The van der Waals surface area contributed by atoms with Gasteiger partial charge in [0.05, 0.1) is 33.5 Å². The molecule has 0 fully saturated rings. The molecule has 12 aromatic rings. The van der Waals surface area contributed by atoms with Crippen molar-refractivity contribution in [3.05, 3.63) is 206 Å². The van der Waals surface area contributed by atoms with Crippen LogP contribution in [-0.2, 0) is 0 Å². The van der Waals surface area contributed by atoms with Gasteiger partial charge in [-0.25, -0.2) is 9.97 Å². The van der Waals surface area contributed by atoms with Gasteiger partial charge in [0, 0.05) is 49.6 Å². The Labute approximate surface area is 334 Å². The number of aromatic nitrogens is 4. The average molecular weight is 739 g/mol. The third-order valence-electron chi connectivity index (χ3n) is 11.7. The number of benzene rings is 9. The van der Waals surface area contributed by atoms with Crippen LogP contribution in [-0.4, -0.2) is 19.1 Å². The Hall–Kier alpha value is -7.82. The lowest BCUT2D eigenvalue weighted by Crippen LogP contribution is -1.99. The van der Waals surface area contributed by atoms with E-state index in [1.165, 1.54) is 43.4 Å². The topological polar surface area (TPSA) is 35.6 Å². The van der Waals surface area contributed by atoms with E-state index in [4.69, 9.17) is 9.97 Å². The minimum Gasteiger partial charge on any atom is -0.309 e.